The van der Waals surface area contributed by atoms with Gasteiger partial charge in [0.1, 0.15) is 22.9 Å². The third-order valence-corrected chi connectivity index (χ3v) is 3.74. The van der Waals surface area contributed by atoms with E-state index in [-0.39, 0.29) is 0 Å². The minimum Gasteiger partial charge on any atom is -0.497 e. The molecule has 0 unspecified atom stereocenters. The summed E-state index contributed by atoms with van der Waals surface area (Å²) in [5, 5.41) is 4.39. The lowest BCUT2D eigenvalue weighted by Crippen LogP contribution is -2.23. The van der Waals surface area contributed by atoms with E-state index in [0.717, 1.165) is 27.3 Å². The molecule has 0 aliphatic carbocycles. The molecule has 1 heterocycles. The van der Waals surface area contributed by atoms with E-state index < -0.39 is 5.69 Å². The SMILES string of the molecule is C=Cn1nc(-c2ccc(OC)cc2)c(-c2ccc(OC)cc2)nc1=O. The van der Waals surface area contributed by atoms with Crippen LogP contribution in [0.15, 0.2) is 59.9 Å². The maximum atomic E-state index is 12.1. The summed E-state index contributed by atoms with van der Waals surface area (Å²) < 4.78 is 11.5. The van der Waals surface area contributed by atoms with Gasteiger partial charge < -0.3 is 9.47 Å². The van der Waals surface area contributed by atoms with Crippen molar-refractivity contribution in [2.75, 3.05) is 14.2 Å². The van der Waals surface area contributed by atoms with E-state index in [0.29, 0.717) is 11.4 Å². The van der Waals surface area contributed by atoms with Gasteiger partial charge in [-0.3, -0.25) is 0 Å². The van der Waals surface area contributed by atoms with Crippen LogP contribution in [0.25, 0.3) is 28.7 Å². The standard InChI is InChI=1S/C19H17N3O3/c1-4-22-19(23)20-17(13-5-9-15(24-2)10-6-13)18(21-22)14-7-11-16(25-3)12-8-14/h4-12H,1H2,2-3H3. The Balaban J connectivity index is 2.19. The lowest BCUT2D eigenvalue weighted by molar-refractivity contribution is 0.414. The molecule has 0 fully saturated rings. The van der Waals surface area contributed by atoms with Crippen LogP contribution >= 0.6 is 0 Å². The van der Waals surface area contributed by atoms with Crippen LogP contribution in [0.2, 0.25) is 0 Å². The van der Waals surface area contributed by atoms with Crippen molar-refractivity contribution < 1.29 is 9.47 Å². The van der Waals surface area contributed by atoms with Crippen LogP contribution in [-0.4, -0.2) is 29.0 Å². The second kappa shape index (κ2) is 7.00. The van der Waals surface area contributed by atoms with Gasteiger partial charge in [-0.1, -0.05) is 6.58 Å². The van der Waals surface area contributed by atoms with Crippen molar-refractivity contribution in [3.05, 3.63) is 65.6 Å². The van der Waals surface area contributed by atoms with Crippen LogP contribution in [0.3, 0.4) is 0 Å². The van der Waals surface area contributed by atoms with Gasteiger partial charge in [-0.2, -0.15) is 14.8 Å². The van der Waals surface area contributed by atoms with Gasteiger partial charge >= 0.3 is 5.69 Å². The van der Waals surface area contributed by atoms with Crippen LogP contribution in [-0.2, 0) is 0 Å². The molecule has 0 spiro atoms. The molecular weight excluding hydrogens is 318 g/mol. The molecule has 1 aromatic heterocycles. The zero-order valence-electron chi connectivity index (χ0n) is 14.0. The maximum absolute atomic E-state index is 12.1. The van der Waals surface area contributed by atoms with Crippen LogP contribution in [0.1, 0.15) is 0 Å². The first-order valence-corrected chi connectivity index (χ1v) is 7.58. The molecular formula is C19H17N3O3. The molecule has 0 radical (unpaired) electrons. The average molecular weight is 335 g/mol. The maximum Gasteiger partial charge on any atom is 0.368 e. The quantitative estimate of drug-likeness (QED) is 0.717. The molecule has 6 heteroatoms. The summed E-state index contributed by atoms with van der Waals surface area (Å²) in [4.78, 5) is 16.3. The molecule has 126 valence electrons. The van der Waals surface area contributed by atoms with Crippen LogP contribution in [0.5, 0.6) is 11.5 Å². The summed E-state index contributed by atoms with van der Waals surface area (Å²) in [5.41, 5.74) is 2.17. The average Bonchev–Trinajstić information content (AvgIpc) is 2.68. The third-order valence-electron chi connectivity index (χ3n) is 3.74. The van der Waals surface area contributed by atoms with Crippen molar-refractivity contribution in [1.82, 2.24) is 14.8 Å². The van der Waals surface area contributed by atoms with Crippen LogP contribution in [0, 0.1) is 0 Å². The molecule has 3 rings (SSSR count). The molecule has 3 aromatic rings. The molecule has 0 atom stereocenters. The Labute approximate surface area is 145 Å². The summed E-state index contributed by atoms with van der Waals surface area (Å²) in [7, 11) is 3.21. The predicted molar refractivity (Wildman–Crippen MR) is 96.7 cm³/mol. The van der Waals surface area contributed by atoms with Gasteiger partial charge in [0.25, 0.3) is 0 Å². The summed E-state index contributed by atoms with van der Waals surface area (Å²) in [6.07, 6.45) is 1.33. The minimum absolute atomic E-state index is 0.488. The van der Waals surface area contributed by atoms with Crippen LogP contribution < -0.4 is 15.2 Å². The lowest BCUT2D eigenvalue weighted by atomic mass is 10.0. The third kappa shape index (κ3) is 3.28. The Morgan fingerprint density at radius 1 is 0.880 bits per heavy atom. The molecule has 6 nitrogen and oxygen atoms in total. The van der Waals surface area contributed by atoms with Gasteiger partial charge in [0, 0.05) is 17.3 Å². The van der Waals surface area contributed by atoms with Gasteiger partial charge in [-0.05, 0) is 48.5 Å². The van der Waals surface area contributed by atoms with Gasteiger partial charge in [-0.15, -0.1) is 0 Å². The Morgan fingerprint density at radius 3 is 1.80 bits per heavy atom. The summed E-state index contributed by atoms with van der Waals surface area (Å²) in [6, 6.07) is 14.7. The van der Waals surface area contributed by atoms with E-state index in [9.17, 15) is 4.79 Å². The van der Waals surface area contributed by atoms with Crippen molar-refractivity contribution >= 4 is 6.20 Å². The fraction of sp³-hybridized carbons (Fsp3) is 0.105. The van der Waals surface area contributed by atoms with Gasteiger partial charge in [0.15, 0.2) is 0 Å². The van der Waals surface area contributed by atoms with Crippen molar-refractivity contribution in [3.8, 4) is 34.0 Å². The van der Waals surface area contributed by atoms with E-state index in [1.165, 1.54) is 6.20 Å². The predicted octanol–water partition coefficient (Wildman–Crippen LogP) is 3.09. The number of aromatic nitrogens is 3. The van der Waals surface area contributed by atoms with Gasteiger partial charge in [-0.25, -0.2) is 4.79 Å². The number of benzene rings is 2. The second-order valence-electron chi connectivity index (χ2n) is 5.18. The fourth-order valence-corrected chi connectivity index (χ4v) is 2.41. The topological polar surface area (TPSA) is 66.2 Å². The van der Waals surface area contributed by atoms with E-state index in [2.05, 4.69) is 16.7 Å². The molecule has 0 saturated heterocycles. The molecule has 25 heavy (non-hydrogen) atoms. The number of hydrogen-bond donors (Lipinski definition) is 0. The number of hydrogen-bond acceptors (Lipinski definition) is 5. The summed E-state index contributed by atoms with van der Waals surface area (Å²) >= 11 is 0. The highest BCUT2D eigenvalue weighted by Gasteiger charge is 2.14. The van der Waals surface area contributed by atoms with Gasteiger partial charge in [0.05, 0.1) is 14.2 Å². The Kier molecular flexibility index (Phi) is 4.61. The van der Waals surface area contributed by atoms with Crippen molar-refractivity contribution in [2.45, 2.75) is 0 Å². The van der Waals surface area contributed by atoms with E-state index in [1.54, 1.807) is 14.2 Å². The van der Waals surface area contributed by atoms with Crippen molar-refractivity contribution in [1.29, 1.82) is 0 Å². The number of ether oxygens (including phenoxy) is 2. The highest BCUT2D eigenvalue weighted by molar-refractivity contribution is 5.77. The summed E-state index contributed by atoms with van der Waals surface area (Å²) in [5.74, 6) is 1.46. The highest BCUT2D eigenvalue weighted by atomic mass is 16.5. The first-order chi connectivity index (χ1) is 12.2. The van der Waals surface area contributed by atoms with Crippen LogP contribution in [0.4, 0.5) is 0 Å². The Hall–Kier alpha value is -3.41. The zero-order valence-corrected chi connectivity index (χ0v) is 14.0. The molecule has 0 amide bonds. The van der Waals surface area contributed by atoms with Crippen molar-refractivity contribution in [2.24, 2.45) is 0 Å². The molecule has 0 aliphatic rings. The smallest absolute Gasteiger partial charge is 0.368 e. The fourth-order valence-electron chi connectivity index (χ4n) is 2.41. The summed E-state index contributed by atoms with van der Waals surface area (Å²) in [6.45, 7) is 3.60. The molecule has 2 aromatic carbocycles. The largest absolute Gasteiger partial charge is 0.497 e. The van der Waals surface area contributed by atoms with Gasteiger partial charge in [0.2, 0.25) is 0 Å². The van der Waals surface area contributed by atoms with E-state index >= 15 is 0 Å². The number of nitrogens with zero attached hydrogens (tertiary/aromatic N) is 3. The molecule has 0 bridgehead atoms. The van der Waals surface area contributed by atoms with E-state index in [4.69, 9.17) is 9.47 Å². The highest BCUT2D eigenvalue weighted by Crippen LogP contribution is 2.29. The number of methoxy groups -OCH3 is 2. The normalized spacial score (nSPS) is 10.3. The molecule has 0 N–H and O–H groups in total. The first-order valence-electron chi connectivity index (χ1n) is 7.58. The Bertz CT molecular complexity index is 945. The number of rotatable bonds is 5. The monoisotopic (exact) mass is 335 g/mol. The van der Waals surface area contributed by atoms with E-state index in [1.807, 2.05) is 48.5 Å². The zero-order chi connectivity index (χ0) is 17.8. The minimum atomic E-state index is -0.488. The lowest BCUT2D eigenvalue weighted by Gasteiger charge is -2.10. The first kappa shape index (κ1) is 16.4. The molecule has 0 aliphatic heterocycles. The van der Waals surface area contributed by atoms with Crippen molar-refractivity contribution in [3.63, 3.8) is 0 Å². The Morgan fingerprint density at radius 2 is 1.36 bits per heavy atom. The molecule has 0 saturated carbocycles. The second-order valence-corrected chi connectivity index (χ2v) is 5.18.